The van der Waals surface area contributed by atoms with E-state index in [0.717, 1.165) is 23.4 Å². The van der Waals surface area contributed by atoms with E-state index in [1.165, 1.54) is 35.3 Å². The third kappa shape index (κ3) is 2.66. The molecule has 0 radical (unpaired) electrons. The van der Waals surface area contributed by atoms with Crippen molar-refractivity contribution in [2.45, 2.75) is 48.9 Å². The summed E-state index contributed by atoms with van der Waals surface area (Å²) in [6.07, 6.45) is 7.25. The van der Waals surface area contributed by atoms with Crippen molar-refractivity contribution in [3.05, 3.63) is 41.2 Å². The van der Waals surface area contributed by atoms with Gasteiger partial charge >= 0.3 is 0 Å². The highest BCUT2D eigenvalue weighted by Gasteiger charge is 2.14. The van der Waals surface area contributed by atoms with Crippen molar-refractivity contribution < 1.29 is 0 Å². The van der Waals surface area contributed by atoms with Crippen LogP contribution in [-0.4, -0.2) is 9.97 Å². The first-order chi connectivity index (χ1) is 9.78. The molecule has 104 valence electrons. The van der Waals surface area contributed by atoms with E-state index in [0.29, 0.717) is 5.82 Å². The fourth-order valence-electron chi connectivity index (χ4n) is 2.71. The average Bonchev–Trinajstić information content (AvgIpc) is 2.90. The summed E-state index contributed by atoms with van der Waals surface area (Å²) in [4.78, 5) is 9.78. The predicted molar refractivity (Wildman–Crippen MR) is 83.0 cm³/mol. The average molecular weight is 285 g/mol. The van der Waals surface area contributed by atoms with Crippen molar-refractivity contribution in [2.24, 2.45) is 0 Å². The van der Waals surface area contributed by atoms with Crippen molar-refractivity contribution in [2.75, 3.05) is 5.73 Å². The van der Waals surface area contributed by atoms with Gasteiger partial charge in [0.1, 0.15) is 17.2 Å². The summed E-state index contributed by atoms with van der Waals surface area (Å²) in [5, 5.41) is 0.997. The van der Waals surface area contributed by atoms with E-state index < -0.39 is 0 Å². The maximum atomic E-state index is 5.99. The third-order valence-electron chi connectivity index (χ3n) is 3.72. The van der Waals surface area contributed by atoms with Gasteiger partial charge in [-0.25, -0.2) is 9.97 Å². The lowest BCUT2D eigenvalue weighted by Crippen LogP contribution is -2.01. The Balaban J connectivity index is 1.89. The molecule has 0 atom stereocenters. The number of aryl methyl sites for hydroxylation is 2. The molecule has 2 aromatic rings. The predicted octanol–water partition coefficient (Wildman–Crippen LogP) is 3.65. The van der Waals surface area contributed by atoms with E-state index in [1.54, 1.807) is 18.1 Å². The summed E-state index contributed by atoms with van der Waals surface area (Å²) >= 11 is 1.70. The Morgan fingerprint density at radius 2 is 2.05 bits per heavy atom. The van der Waals surface area contributed by atoms with Crippen molar-refractivity contribution in [3.63, 3.8) is 0 Å². The summed E-state index contributed by atoms with van der Waals surface area (Å²) in [5.41, 5.74) is 10.1. The Kier molecular flexibility index (Phi) is 3.92. The summed E-state index contributed by atoms with van der Waals surface area (Å²) in [7, 11) is 0. The second-order valence-electron chi connectivity index (χ2n) is 5.18. The van der Waals surface area contributed by atoms with Crippen LogP contribution in [-0.2, 0) is 19.3 Å². The van der Waals surface area contributed by atoms with Crippen LogP contribution in [0, 0.1) is 0 Å². The van der Waals surface area contributed by atoms with Gasteiger partial charge < -0.3 is 5.73 Å². The number of nitrogens with zero attached hydrogens (tertiary/aromatic N) is 2. The molecule has 1 aliphatic carbocycles. The molecule has 0 aliphatic heterocycles. The maximum Gasteiger partial charge on any atom is 0.131 e. The molecule has 0 fully saturated rings. The number of nitrogens with two attached hydrogens (primary N) is 1. The van der Waals surface area contributed by atoms with E-state index in [1.807, 2.05) is 0 Å². The summed E-state index contributed by atoms with van der Waals surface area (Å²) < 4.78 is 0. The fraction of sp³-hybridized carbons (Fsp3) is 0.375. The van der Waals surface area contributed by atoms with Gasteiger partial charge in [-0.05, 0) is 48.9 Å². The smallest absolute Gasteiger partial charge is 0.131 e. The van der Waals surface area contributed by atoms with E-state index in [9.17, 15) is 0 Å². The molecule has 0 amide bonds. The number of rotatable bonds is 4. The minimum atomic E-state index is 0.616. The lowest BCUT2D eigenvalue weighted by molar-refractivity contribution is 0.861. The first-order valence-electron chi connectivity index (χ1n) is 7.17. The number of nitrogen functional groups attached to an aromatic ring is 1. The molecule has 0 spiro atoms. The first kappa shape index (κ1) is 13.4. The second-order valence-corrected chi connectivity index (χ2v) is 6.24. The fourth-order valence-corrected chi connectivity index (χ4v) is 3.70. The molecule has 3 nitrogen and oxygen atoms in total. The topological polar surface area (TPSA) is 51.8 Å². The zero-order valence-electron chi connectivity index (χ0n) is 11.7. The lowest BCUT2D eigenvalue weighted by Gasteiger charge is -2.10. The van der Waals surface area contributed by atoms with Crippen LogP contribution in [0.3, 0.4) is 0 Å². The Hall–Kier alpha value is -1.55. The third-order valence-corrected chi connectivity index (χ3v) is 4.76. The van der Waals surface area contributed by atoms with Gasteiger partial charge in [0.2, 0.25) is 0 Å². The molecular formula is C16H19N3S. The number of aromatic nitrogens is 2. The number of benzene rings is 1. The van der Waals surface area contributed by atoms with Crippen molar-refractivity contribution in [1.82, 2.24) is 9.97 Å². The largest absolute Gasteiger partial charge is 0.383 e. The van der Waals surface area contributed by atoms with Crippen LogP contribution >= 0.6 is 11.8 Å². The number of hydrogen-bond donors (Lipinski definition) is 1. The molecule has 3 rings (SSSR count). The van der Waals surface area contributed by atoms with Gasteiger partial charge in [-0.1, -0.05) is 31.2 Å². The van der Waals surface area contributed by atoms with Crippen LogP contribution < -0.4 is 5.73 Å². The van der Waals surface area contributed by atoms with Crippen LogP contribution in [0.1, 0.15) is 36.5 Å². The van der Waals surface area contributed by atoms with Gasteiger partial charge in [-0.3, -0.25) is 0 Å². The van der Waals surface area contributed by atoms with Gasteiger partial charge in [0.15, 0.2) is 0 Å². The highest BCUT2D eigenvalue weighted by molar-refractivity contribution is 7.99. The maximum absolute atomic E-state index is 5.99. The van der Waals surface area contributed by atoms with Gasteiger partial charge in [0.05, 0.1) is 0 Å². The molecule has 1 aromatic carbocycles. The molecule has 1 aliphatic rings. The van der Waals surface area contributed by atoms with Crippen molar-refractivity contribution >= 4 is 17.6 Å². The molecule has 4 heteroatoms. The van der Waals surface area contributed by atoms with Gasteiger partial charge in [-0.15, -0.1) is 0 Å². The standard InChI is InChI=1S/C16H19N3S/c1-2-4-14-15(17)18-10-19-16(14)20-13-8-7-11-5-3-6-12(11)9-13/h7-10H,2-6H2,1H3,(H2,17,18,19). The molecule has 1 aromatic heterocycles. The van der Waals surface area contributed by atoms with Crippen LogP contribution in [0.5, 0.6) is 0 Å². The molecule has 0 saturated carbocycles. The Labute approximate surface area is 124 Å². The normalized spacial score (nSPS) is 13.4. The Bertz CT molecular complexity index is 625. The van der Waals surface area contributed by atoms with Gasteiger partial charge in [0, 0.05) is 10.5 Å². The van der Waals surface area contributed by atoms with Crippen LogP contribution in [0.15, 0.2) is 34.4 Å². The summed E-state index contributed by atoms with van der Waals surface area (Å²) in [5.74, 6) is 0.616. The molecule has 1 heterocycles. The Morgan fingerprint density at radius 3 is 2.90 bits per heavy atom. The quantitative estimate of drug-likeness (QED) is 0.871. The summed E-state index contributed by atoms with van der Waals surface area (Å²) in [6.45, 7) is 2.15. The monoisotopic (exact) mass is 285 g/mol. The Morgan fingerprint density at radius 1 is 1.20 bits per heavy atom. The van der Waals surface area contributed by atoms with Gasteiger partial charge in [0.25, 0.3) is 0 Å². The number of hydrogen-bond acceptors (Lipinski definition) is 4. The highest BCUT2D eigenvalue weighted by atomic mass is 32.2. The minimum absolute atomic E-state index is 0.616. The van der Waals surface area contributed by atoms with Crippen LogP contribution in [0.25, 0.3) is 0 Å². The second kappa shape index (κ2) is 5.83. The van der Waals surface area contributed by atoms with E-state index in [4.69, 9.17) is 5.73 Å². The van der Waals surface area contributed by atoms with Crippen molar-refractivity contribution in [3.8, 4) is 0 Å². The first-order valence-corrected chi connectivity index (χ1v) is 7.98. The van der Waals surface area contributed by atoms with E-state index >= 15 is 0 Å². The number of fused-ring (bicyclic) bond motifs is 1. The highest BCUT2D eigenvalue weighted by Crippen LogP contribution is 2.34. The molecule has 2 N–H and O–H groups in total. The van der Waals surface area contributed by atoms with Crippen LogP contribution in [0.4, 0.5) is 5.82 Å². The van der Waals surface area contributed by atoms with E-state index in [-0.39, 0.29) is 0 Å². The molecular weight excluding hydrogens is 266 g/mol. The molecule has 20 heavy (non-hydrogen) atoms. The SMILES string of the molecule is CCCc1c(N)ncnc1Sc1ccc2c(c1)CCC2. The molecule has 0 saturated heterocycles. The van der Waals surface area contributed by atoms with E-state index in [2.05, 4.69) is 35.1 Å². The number of anilines is 1. The van der Waals surface area contributed by atoms with Gasteiger partial charge in [-0.2, -0.15) is 0 Å². The summed E-state index contributed by atoms with van der Waals surface area (Å²) in [6, 6.07) is 6.76. The zero-order chi connectivity index (χ0) is 13.9. The lowest BCUT2D eigenvalue weighted by atomic mass is 10.1. The minimum Gasteiger partial charge on any atom is -0.383 e. The zero-order valence-corrected chi connectivity index (χ0v) is 12.5. The molecule has 0 unspecified atom stereocenters. The van der Waals surface area contributed by atoms with Crippen molar-refractivity contribution in [1.29, 1.82) is 0 Å². The van der Waals surface area contributed by atoms with Crippen LogP contribution in [0.2, 0.25) is 0 Å². The molecule has 0 bridgehead atoms.